The molecule has 1 aromatic carbocycles. The van der Waals surface area contributed by atoms with Crippen molar-refractivity contribution in [2.75, 3.05) is 13.2 Å². The van der Waals surface area contributed by atoms with Crippen molar-refractivity contribution in [1.82, 2.24) is 10.3 Å². The van der Waals surface area contributed by atoms with Gasteiger partial charge >= 0.3 is 6.09 Å². The molecule has 0 unspecified atom stereocenters. The molecule has 20 heavy (non-hydrogen) atoms. The molecule has 0 atom stereocenters. The second-order valence-corrected chi connectivity index (χ2v) is 5.47. The number of hydrogen-bond acceptors (Lipinski definition) is 5. The SMILES string of the molecule is NNC(=O)c1sc2ccccc2c1CN1CCOC1=O. The summed E-state index contributed by atoms with van der Waals surface area (Å²) in [5.74, 6) is 4.89. The molecule has 0 saturated carbocycles. The number of benzene rings is 1. The highest BCUT2D eigenvalue weighted by Crippen LogP contribution is 2.32. The van der Waals surface area contributed by atoms with Gasteiger partial charge in [0.15, 0.2) is 0 Å². The van der Waals surface area contributed by atoms with E-state index in [0.29, 0.717) is 24.6 Å². The van der Waals surface area contributed by atoms with Gasteiger partial charge in [0.05, 0.1) is 18.0 Å². The van der Waals surface area contributed by atoms with E-state index in [1.54, 1.807) is 4.90 Å². The molecule has 2 heterocycles. The van der Waals surface area contributed by atoms with Gasteiger partial charge in [-0.1, -0.05) is 18.2 Å². The molecule has 0 radical (unpaired) electrons. The number of nitrogens with zero attached hydrogens (tertiary/aromatic N) is 1. The van der Waals surface area contributed by atoms with Gasteiger partial charge in [0.2, 0.25) is 0 Å². The molecule has 7 heteroatoms. The molecule has 1 aromatic heterocycles. The van der Waals surface area contributed by atoms with E-state index in [0.717, 1.165) is 15.6 Å². The fourth-order valence-electron chi connectivity index (χ4n) is 2.26. The van der Waals surface area contributed by atoms with Gasteiger partial charge in [-0.25, -0.2) is 10.6 Å². The van der Waals surface area contributed by atoms with Gasteiger partial charge in [0.1, 0.15) is 6.61 Å². The molecule has 0 aliphatic carbocycles. The van der Waals surface area contributed by atoms with Gasteiger partial charge in [-0.05, 0) is 11.5 Å². The third-order valence-electron chi connectivity index (χ3n) is 3.23. The van der Waals surface area contributed by atoms with Crippen molar-refractivity contribution >= 4 is 33.4 Å². The summed E-state index contributed by atoms with van der Waals surface area (Å²) < 4.78 is 5.91. The van der Waals surface area contributed by atoms with E-state index in [9.17, 15) is 9.59 Å². The number of amides is 2. The van der Waals surface area contributed by atoms with Crippen LogP contribution in [-0.4, -0.2) is 30.1 Å². The molecule has 1 aliphatic rings. The Balaban J connectivity index is 2.06. The number of thiophene rings is 1. The molecule has 2 amide bonds. The lowest BCUT2D eigenvalue weighted by Gasteiger charge is -2.13. The van der Waals surface area contributed by atoms with Crippen molar-refractivity contribution < 1.29 is 14.3 Å². The highest BCUT2D eigenvalue weighted by Gasteiger charge is 2.26. The molecule has 3 rings (SSSR count). The van der Waals surface area contributed by atoms with E-state index >= 15 is 0 Å². The molecule has 2 aromatic rings. The summed E-state index contributed by atoms with van der Waals surface area (Å²) in [6.45, 7) is 1.28. The summed E-state index contributed by atoms with van der Waals surface area (Å²) in [6, 6.07) is 7.71. The Bertz CT molecular complexity index is 683. The average molecular weight is 291 g/mol. The Morgan fingerprint density at radius 3 is 2.95 bits per heavy atom. The van der Waals surface area contributed by atoms with E-state index in [1.165, 1.54) is 11.3 Å². The van der Waals surface area contributed by atoms with E-state index in [2.05, 4.69) is 5.43 Å². The van der Waals surface area contributed by atoms with Gasteiger partial charge in [-0.3, -0.25) is 10.2 Å². The predicted molar refractivity (Wildman–Crippen MR) is 75.2 cm³/mol. The Kier molecular flexibility index (Phi) is 3.29. The van der Waals surface area contributed by atoms with E-state index < -0.39 is 0 Å². The van der Waals surface area contributed by atoms with Crippen LogP contribution in [0, 0.1) is 0 Å². The summed E-state index contributed by atoms with van der Waals surface area (Å²) in [4.78, 5) is 25.6. The average Bonchev–Trinajstić information content (AvgIpc) is 3.03. The molecule has 1 fully saturated rings. The van der Waals surface area contributed by atoms with Crippen LogP contribution in [0.5, 0.6) is 0 Å². The maximum Gasteiger partial charge on any atom is 0.410 e. The molecular weight excluding hydrogens is 278 g/mol. The van der Waals surface area contributed by atoms with Gasteiger partial charge in [0.25, 0.3) is 5.91 Å². The lowest BCUT2D eigenvalue weighted by molar-refractivity contribution is 0.0955. The number of fused-ring (bicyclic) bond motifs is 1. The third-order valence-corrected chi connectivity index (χ3v) is 4.44. The first kappa shape index (κ1) is 12.9. The summed E-state index contributed by atoms with van der Waals surface area (Å²) in [6.07, 6.45) is -0.348. The summed E-state index contributed by atoms with van der Waals surface area (Å²) in [5, 5.41) is 0.968. The van der Waals surface area contributed by atoms with Crippen LogP contribution in [0.4, 0.5) is 4.79 Å². The fourth-order valence-corrected chi connectivity index (χ4v) is 3.38. The number of hydrogen-bond donors (Lipinski definition) is 2. The molecule has 6 nitrogen and oxygen atoms in total. The first-order valence-corrected chi connectivity index (χ1v) is 6.95. The minimum Gasteiger partial charge on any atom is -0.448 e. The molecule has 1 saturated heterocycles. The van der Waals surface area contributed by atoms with Gasteiger partial charge in [0, 0.05) is 10.3 Å². The van der Waals surface area contributed by atoms with Crippen LogP contribution in [0.15, 0.2) is 24.3 Å². The second-order valence-electron chi connectivity index (χ2n) is 4.42. The zero-order chi connectivity index (χ0) is 14.1. The van der Waals surface area contributed by atoms with Gasteiger partial charge in [-0.2, -0.15) is 0 Å². The molecule has 0 bridgehead atoms. The van der Waals surface area contributed by atoms with Crippen LogP contribution < -0.4 is 11.3 Å². The van der Waals surface area contributed by atoms with Crippen LogP contribution >= 0.6 is 11.3 Å². The maximum atomic E-state index is 11.9. The number of nitrogen functional groups attached to an aromatic ring is 1. The zero-order valence-electron chi connectivity index (χ0n) is 10.6. The lowest BCUT2D eigenvalue weighted by Crippen LogP contribution is -2.31. The third kappa shape index (κ3) is 2.10. The predicted octanol–water partition coefficient (Wildman–Crippen LogP) is 1.46. The number of hydrazine groups is 1. The van der Waals surface area contributed by atoms with Crippen molar-refractivity contribution in [3.05, 3.63) is 34.7 Å². The van der Waals surface area contributed by atoms with Crippen LogP contribution in [0.3, 0.4) is 0 Å². The number of nitrogens with two attached hydrogens (primary N) is 1. The largest absolute Gasteiger partial charge is 0.448 e. The molecular formula is C13H13N3O3S. The van der Waals surface area contributed by atoms with E-state index in [-0.39, 0.29) is 12.0 Å². The maximum absolute atomic E-state index is 11.9. The van der Waals surface area contributed by atoms with Crippen molar-refractivity contribution in [3.63, 3.8) is 0 Å². The summed E-state index contributed by atoms with van der Waals surface area (Å²) >= 11 is 1.37. The van der Waals surface area contributed by atoms with Crippen molar-refractivity contribution in [3.8, 4) is 0 Å². The highest BCUT2D eigenvalue weighted by molar-refractivity contribution is 7.21. The van der Waals surface area contributed by atoms with Crippen molar-refractivity contribution in [1.29, 1.82) is 0 Å². The van der Waals surface area contributed by atoms with Gasteiger partial charge < -0.3 is 9.64 Å². The minimum atomic E-state index is -0.348. The molecule has 104 valence electrons. The zero-order valence-corrected chi connectivity index (χ0v) is 11.4. The number of ether oxygens (including phenoxy) is 1. The van der Waals surface area contributed by atoms with Crippen LogP contribution in [0.2, 0.25) is 0 Å². The van der Waals surface area contributed by atoms with Gasteiger partial charge in [-0.15, -0.1) is 11.3 Å². The number of rotatable bonds is 3. The van der Waals surface area contributed by atoms with Crippen molar-refractivity contribution in [2.24, 2.45) is 5.84 Å². The lowest BCUT2D eigenvalue weighted by atomic mass is 10.1. The normalized spacial score (nSPS) is 14.7. The fraction of sp³-hybridized carbons (Fsp3) is 0.231. The smallest absolute Gasteiger partial charge is 0.410 e. The Hall–Kier alpha value is -2.12. The van der Waals surface area contributed by atoms with Crippen LogP contribution in [0.1, 0.15) is 15.2 Å². The first-order chi connectivity index (χ1) is 9.70. The topological polar surface area (TPSA) is 84.7 Å². The summed E-state index contributed by atoms with van der Waals surface area (Å²) in [5.41, 5.74) is 2.97. The standard InChI is InChI=1S/C13H13N3O3S/c14-15-12(17)11-9(7-16-5-6-19-13(16)18)8-3-1-2-4-10(8)20-11/h1-4H,5-7,14H2,(H,15,17). The Morgan fingerprint density at radius 2 is 2.25 bits per heavy atom. The van der Waals surface area contributed by atoms with E-state index in [1.807, 2.05) is 24.3 Å². The van der Waals surface area contributed by atoms with Crippen molar-refractivity contribution in [2.45, 2.75) is 6.54 Å². The monoisotopic (exact) mass is 291 g/mol. The van der Waals surface area contributed by atoms with Crippen LogP contribution in [-0.2, 0) is 11.3 Å². The van der Waals surface area contributed by atoms with Crippen LogP contribution in [0.25, 0.3) is 10.1 Å². The second kappa shape index (κ2) is 5.10. The number of carbonyl (C=O) groups excluding carboxylic acids is 2. The number of cyclic esters (lactones) is 1. The quantitative estimate of drug-likeness (QED) is 0.509. The number of carbonyl (C=O) groups is 2. The Morgan fingerprint density at radius 1 is 1.45 bits per heavy atom. The van der Waals surface area contributed by atoms with E-state index in [4.69, 9.17) is 10.6 Å². The minimum absolute atomic E-state index is 0.339. The molecule has 0 spiro atoms. The molecule has 1 aliphatic heterocycles. The Labute approximate surface area is 119 Å². The highest BCUT2D eigenvalue weighted by atomic mass is 32.1. The summed E-state index contributed by atoms with van der Waals surface area (Å²) in [7, 11) is 0. The molecule has 3 N–H and O–H groups in total. The first-order valence-electron chi connectivity index (χ1n) is 6.13. The number of nitrogens with one attached hydrogen (secondary N) is 1.